The molecule has 256 valence electrons. The molecule has 5 unspecified atom stereocenters. The summed E-state index contributed by atoms with van der Waals surface area (Å²) in [5, 5.41) is 16.9. The van der Waals surface area contributed by atoms with E-state index in [-0.39, 0.29) is 44.0 Å². The van der Waals surface area contributed by atoms with Crippen LogP contribution in [-0.2, 0) is 14.3 Å². The molecule has 2 fully saturated rings. The Morgan fingerprint density at radius 3 is 2.47 bits per heavy atom. The van der Waals surface area contributed by atoms with Crippen molar-refractivity contribution in [1.82, 2.24) is 5.32 Å². The summed E-state index contributed by atoms with van der Waals surface area (Å²) in [6.07, 6.45) is 2.39. The van der Waals surface area contributed by atoms with Gasteiger partial charge in [0.1, 0.15) is 17.0 Å². The van der Waals surface area contributed by atoms with Crippen LogP contribution in [0.15, 0.2) is 76.0 Å². The molecule has 1 N–H and O–H groups in total. The molecule has 2 aliphatic heterocycles. The summed E-state index contributed by atoms with van der Waals surface area (Å²) < 4.78 is 11.3. The monoisotopic (exact) mass is 724 g/mol. The van der Waals surface area contributed by atoms with Crippen molar-refractivity contribution in [3.8, 4) is 5.75 Å². The van der Waals surface area contributed by atoms with E-state index in [0.717, 1.165) is 24.3 Å². The number of ether oxygens (including phenoxy) is 2. The lowest BCUT2D eigenvalue weighted by Gasteiger charge is -2.31. The number of methoxy groups -OCH3 is 1. The summed E-state index contributed by atoms with van der Waals surface area (Å²) in [5.41, 5.74) is 0.876. The predicted octanol–water partition coefficient (Wildman–Crippen LogP) is 7.84. The number of amidine groups is 1. The Bertz CT molecular complexity index is 1830. The first-order valence-corrected chi connectivity index (χ1v) is 17.1. The predicted molar refractivity (Wildman–Crippen MR) is 189 cm³/mol. The van der Waals surface area contributed by atoms with Gasteiger partial charge in [0.15, 0.2) is 11.9 Å². The van der Waals surface area contributed by atoms with Crippen LogP contribution in [0, 0.1) is 11.8 Å². The Balaban J connectivity index is 1.25. The second-order valence-corrected chi connectivity index (χ2v) is 13.7. The number of azo groups is 1. The highest BCUT2D eigenvalue weighted by atomic mass is 35.5. The van der Waals surface area contributed by atoms with Gasteiger partial charge in [0.2, 0.25) is 6.04 Å². The van der Waals surface area contributed by atoms with Crippen LogP contribution < -0.4 is 20.0 Å². The third kappa shape index (κ3) is 6.90. The van der Waals surface area contributed by atoms with Crippen LogP contribution in [0.1, 0.15) is 50.4 Å². The fraction of sp³-hybridized carbons (Fsp3) is 0.371. The highest BCUT2D eigenvalue weighted by molar-refractivity contribution is 6.43. The highest BCUT2D eigenvalue weighted by Gasteiger charge is 2.65. The van der Waals surface area contributed by atoms with Crippen LogP contribution in [-0.4, -0.2) is 55.0 Å². The van der Waals surface area contributed by atoms with Crippen molar-refractivity contribution in [2.75, 3.05) is 23.6 Å². The minimum absolute atomic E-state index is 0.0728. The van der Waals surface area contributed by atoms with Gasteiger partial charge in [-0.2, -0.15) is 15.2 Å². The zero-order valence-electron chi connectivity index (χ0n) is 27.3. The molecule has 2 heterocycles. The van der Waals surface area contributed by atoms with E-state index in [4.69, 9.17) is 44.3 Å². The molecule has 0 radical (unpaired) electrons. The zero-order valence-corrected chi connectivity index (χ0v) is 29.6. The average molecular weight is 726 g/mol. The number of benzene rings is 3. The minimum atomic E-state index is -1.34. The number of epoxide rings is 1. The lowest BCUT2D eigenvalue weighted by atomic mass is 9.73. The van der Waals surface area contributed by atoms with E-state index in [1.165, 1.54) is 12.1 Å². The Morgan fingerprint density at radius 2 is 1.82 bits per heavy atom. The molecule has 5 atom stereocenters. The van der Waals surface area contributed by atoms with Gasteiger partial charge < -0.3 is 19.7 Å². The molecule has 1 saturated heterocycles. The number of hydrogen-bond donors (Lipinski definition) is 1. The maximum Gasteiger partial charge on any atom is 0.282 e. The average Bonchev–Trinajstić information content (AvgIpc) is 3.74. The number of likely N-dealkylation sites (N-methyl/N-ethyl adjacent to an activating group) is 1. The van der Waals surface area contributed by atoms with E-state index < -0.39 is 29.6 Å². The van der Waals surface area contributed by atoms with E-state index in [2.05, 4.69) is 34.5 Å². The molecular weight excluding hydrogens is 691 g/mol. The van der Waals surface area contributed by atoms with Gasteiger partial charge in [-0.05, 0) is 92.6 Å². The molecule has 1 saturated carbocycles. The Hall–Kier alpha value is -4.03. The standard InChI is InChI=1S/C35H35Cl3N6O5/c1-5-43(34(47)30-35(49-30)14-13-19(2)15-20(35)3)24-8-6-7-21(16-24)32(45)39-31-28(41-40-23-9-11-25(48-4)12-10-23)33(46)44(42-31)29-26(37)17-22(36)18-27(29)38/h6-12,16-20,28,30H,5,13-15H2,1-4H3,(H,39,42,45). The van der Waals surface area contributed by atoms with Gasteiger partial charge in [-0.1, -0.05) is 54.7 Å². The number of carbonyl (C=O) groups is 3. The van der Waals surface area contributed by atoms with Gasteiger partial charge in [0, 0.05) is 22.8 Å². The van der Waals surface area contributed by atoms with Crippen molar-refractivity contribution < 1.29 is 23.9 Å². The van der Waals surface area contributed by atoms with E-state index in [1.54, 1.807) is 60.5 Å². The summed E-state index contributed by atoms with van der Waals surface area (Å²) in [5.74, 6) is 0.0502. The molecule has 6 rings (SSSR count). The molecular formula is C35H35Cl3N6O5. The number of anilines is 2. The number of rotatable bonds is 8. The Morgan fingerprint density at radius 1 is 1.10 bits per heavy atom. The molecule has 3 aliphatic rings. The van der Waals surface area contributed by atoms with Gasteiger partial charge in [0.25, 0.3) is 17.7 Å². The topological polar surface area (TPSA) is 129 Å². The molecule has 0 bridgehead atoms. The summed E-state index contributed by atoms with van der Waals surface area (Å²) in [4.78, 5) is 42.8. The summed E-state index contributed by atoms with van der Waals surface area (Å²) in [7, 11) is 1.54. The molecule has 14 heteroatoms. The van der Waals surface area contributed by atoms with Crippen molar-refractivity contribution in [3.63, 3.8) is 0 Å². The molecule has 3 amide bonds. The lowest BCUT2D eigenvalue weighted by Crippen LogP contribution is -2.41. The van der Waals surface area contributed by atoms with Gasteiger partial charge in [-0.3, -0.25) is 14.4 Å². The Kier molecular flexibility index (Phi) is 10.00. The second-order valence-electron chi connectivity index (χ2n) is 12.5. The minimum Gasteiger partial charge on any atom is -0.497 e. The van der Waals surface area contributed by atoms with E-state index in [0.29, 0.717) is 29.6 Å². The normalized spacial score (nSPS) is 24.7. The molecule has 0 aromatic heterocycles. The van der Waals surface area contributed by atoms with Crippen LogP contribution in [0.25, 0.3) is 0 Å². The first-order chi connectivity index (χ1) is 23.4. The maximum atomic E-state index is 13.7. The number of hydrazone groups is 1. The van der Waals surface area contributed by atoms with Crippen molar-refractivity contribution in [2.45, 2.75) is 57.8 Å². The molecule has 3 aromatic rings. The molecule has 49 heavy (non-hydrogen) atoms. The van der Waals surface area contributed by atoms with Crippen molar-refractivity contribution in [1.29, 1.82) is 0 Å². The van der Waals surface area contributed by atoms with Gasteiger partial charge in [-0.25, -0.2) is 0 Å². The number of nitrogens with zero attached hydrogens (tertiary/aromatic N) is 5. The van der Waals surface area contributed by atoms with E-state index in [1.807, 2.05) is 6.92 Å². The zero-order chi connectivity index (χ0) is 35.0. The molecule has 11 nitrogen and oxygen atoms in total. The van der Waals surface area contributed by atoms with Crippen LogP contribution in [0.2, 0.25) is 15.1 Å². The van der Waals surface area contributed by atoms with Crippen LogP contribution in [0.4, 0.5) is 17.1 Å². The number of halogens is 3. The maximum absolute atomic E-state index is 13.7. The second kappa shape index (κ2) is 14.1. The van der Waals surface area contributed by atoms with E-state index >= 15 is 0 Å². The van der Waals surface area contributed by atoms with Crippen molar-refractivity contribution >= 4 is 75.4 Å². The third-order valence-electron chi connectivity index (χ3n) is 9.27. The molecule has 3 aromatic carbocycles. The Labute approximate surface area is 299 Å². The number of carbonyl (C=O) groups excluding carboxylic acids is 3. The number of nitrogens with one attached hydrogen (secondary N) is 1. The molecule has 1 aliphatic carbocycles. The van der Waals surface area contributed by atoms with Crippen LogP contribution in [0.3, 0.4) is 0 Å². The molecule has 1 spiro atoms. The number of amides is 3. The quantitative estimate of drug-likeness (QED) is 0.187. The number of hydrogen-bond acceptors (Lipinski definition) is 8. The first-order valence-electron chi connectivity index (χ1n) is 16.0. The third-order valence-corrected chi connectivity index (χ3v) is 10.1. The largest absolute Gasteiger partial charge is 0.497 e. The van der Waals surface area contributed by atoms with Crippen LogP contribution >= 0.6 is 34.8 Å². The van der Waals surface area contributed by atoms with E-state index in [9.17, 15) is 14.4 Å². The van der Waals surface area contributed by atoms with Gasteiger partial charge in [0.05, 0.1) is 22.8 Å². The van der Waals surface area contributed by atoms with Gasteiger partial charge in [-0.15, -0.1) is 5.10 Å². The first kappa shape index (κ1) is 34.8. The van der Waals surface area contributed by atoms with Gasteiger partial charge >= 0.3 is 0 Å². The lowest BCUT2D eigenvalue weighted by molar-refractivity contribution is -0.120. The fourth-order valence-electron chi connectivity index (χ4n) is 6.57. The summed E-state index contributed by atoms with van der Waals surface area (Å²) in [6, 6.07) is 14.9. The van der Waals surface area contributed by atoms with Crippen molar-refractivity contribution in [2.24, 2.45) is 27.2 Å². The SMILES string of the molecule is CCN(C(=O)C1OC12CCC(C)CC2C)c1cccc(C(=O)NC2=NN(c3c(Cl)cc(Cl)cc3Cl)C(=O)C2N=Nc2ccc(OC)cc2)c1. The van der Waals surface area contributed by atoms with Crippen LogP contribution in [0.5, 0.6) is 5.75 Å². The summed E-state index contributed by atoms with van der Waals surface area (Å²) in [6.45, 7) is 6.65. The fourth-order valence-corrected chi connectivity index (χ4v) is 7.55. The van der Waals surface area contributed by atoms with Crippen molar-refractivity contribution in [3.05, 3.63) is 81.3 Å². The smallest absolute Gasteiger partial charge is 0.282 e. The highest BCUT2D eigenvalue weighted by Crippen LogP contribution is 2.53. The summed E-state index contributed by atoms with van der Waals surface area (Å²) >= 11 is 18.9.